The molecule has 0 aliphatic carbocycles. The number of pyridine rings is 1. The van der Waals surface area contributed by atoms with Crippen LogP contribution in [0.4, 0.5) is 4.39 Å². The highest BCUT2D eigenvalue weighted by Gasteiger charge is 2.22. The fourth-order valence-electron chi connectivity index (χ4n) is 2.99. The lowest BCUT2D eigenvalue weighted by molar-refractivity contribution is 0.0741. The third kappa shape index (κ3) is 3.19. The Kier molecular flexibility index (Phi) is 4.76. The second-order valence-electron chi connectivity index (χ2n) is 6.86. The van der Waals surface area contributed by atoms with Gasteiger partial charge in [0.25, 0.3) is 5.91 Å². The predicted octanol–water partition coefficient (Wildman–Crippen LogP) is 4.29. The van der Waals surface area contributed by atoms with Crippen molar-refractivity contribution >= 4 is 16.9 Å². The van der Waals surface area contributed by atoms with Crippen molar-refractivity contribution in [2.45, 2.75) is 39.8 Å². The first-order valence-electron chi connectivity index (χ1n) is 8.67. The average molecular weight is 354 g/mol. The molecule has 6 heteroatoms. The van der Waals surface area contributed by atoms with Crippen LogP contribution >= 0.6 is 0 Å². The Hall–Kier alpha value is -2.76. The number of benzene rings is 1. The van der Waals surface area contributed by atoms with Crippen LogP contribution in [0.3, 0.4) is 0 Å². The monoisotopic (exact) mass is 354 g/mol. The SMILES string of the molecule is Cc1nc2c(cnn2C(C)C)cc1C(=O)N(C)C(C)c1ccc(F)cc1. The van der Waals surface area contributed by atoms with E-state index in [4.69, 9.17) is 0 Å². The number of carbonyl (C=O) groups excluding carboxylic acids is 1. The number of carbonyl (C=O) groups is 1. The number of aromatic nitrogens is 3. The highest BCUT2D eigenvalue weighted by molar-refractivity contribution is 5.98. The fraction of sp³-hybridized carbons (Fsp3) is 0.350. The average Bonchev–Trinajstić information content (AvgIpc) is 3.02. The molecule has 3 rings (SSSR count). The first kappa shape index (κ1) is 18.0. The van der Waals surface area contributed by atoms with Crippen LogP contribution in [0.5, 0.6) is 0 Å². The Morgan fingerprint density at radius 1 is 1.19 bits per heavy atom. The van der Waals surface area contributed by atoms with Gasteiger partial charge in [0.2, 0.25) is 0 Å². The van der Waals surface area contributed by atoms with Gasteiger partial charge in [-0.2, -0.15) is 5.10 Å². The van der Waals surface area contributed by atoms with Crippen molar-refractivity contribution < 1.29 is 9.18 Å². The van der Waals surface area contributed by atoms with Gasteiger partial charge >= 0.3 is 0 Å². The number of hydrogen-bond acceptors (Lipinski definition) is 3. The summed E-state index contributed by atoms with van der Waals surface area (Å²) < 4.78 is 15.0. The second kappa shape index (κ2) is 6.86. The summed E-state index contributed by atoms with van der Waals surface area (Å²) in [5, 5.41) is 5.21. The lowest BCUT2D eigenvalue weighted by Crippen LogP contribution is -2.30. The minimum Gasteiger partial charge on any atom is -0.335 e. The van der Waals surface area contributed by atoms with E-state index in [0.717, 1.165) is 16.6 Å². The molecule has 0 N–H and O–H groups in total. The van der Waals surface area contributed by atoms with Gasteiger partial charge in [-0.3, -0.25) is 4.79 Å². The minimum atomic E-state index is -0.289. The van der Waals surface area contributed by atoms with Crippen LogP contribution in [0, 0.1) is 12.7 Å². The van der Waals surface area contributed by atoms with E-state index in [9.17, 15) is 9.18 Å². The zero-order valence-corrected chi connectivity index (χ0v) is 15.7. The van der Waals surface area contributed by atoms with Gasteiger partial charge in [0, 0.05) is 18.5 Å². The quantitative estimate of drug-likeness (QED) is 0.702. The maximum atomic E-state index is 13.1. The Morgan fingerprint density at radius 2 is 1.85 bits per heavy atom. The van der Waals surface area contributed by atoms with Crippen LogP contribution in [-0.4, -0.2) is 32.6 Å². The number of halogens is 1. The molecular weight excluding hydrogens is 331 g/mol. The molecule has 1 amide bonds. The molecule has 3 aromatic rings. The van der Waals surface area contributed by atoms with E-state index in [-0.39, 0.29) is 23.8 Å². The molecule has 0 aliphatic heterocycles. The Balaban J connectivity index is 1.93. The molecule has 0 fully saturated rings. The second-order valence-corrected chi connectivity index (χ2v) is 6.86. The largest absolute Gasteiger partial charge is 0.335 e. The van der Waals surface area contributed by atoms with Crippen LogP contribution in [0.15, 0.2) is 36.5 Å². The number of aryl methyl sites for hydroxylation is 1. The van der Waals surface area contributed by atoms with Crippen LogP contribution in [0.2, 0.25) is 0 Å². The fourth-order valence-corrected chi connectivity index (χ4v) is 2.99. The third-order valence-electron chi connectivity index (χ3n) is 4.73. The van der Waals surface area contributed by atoms with Crippen molar-refractivity contribution in [1.82, 2.24) is 19.7 Å². The molecule has 1 aromatic carbocycles. The zero-order chi connectivity index (χ0) is 19.0. The molecule has 1 unspecified atom stereocenters. The number of fused-ring (bicyclic) bond motifs is 1. The molecule has 0 saturated carbocycles. The molecular formula is C20H23FN4O. The predicted molar refractivity (Wildman–Crippen MR) is 99.6 cm³/mol. The molecule has 0 radical (unpaired) electrons. The van der Waals surface area contributed by atoms with Crippen molar-refractivity contribution in [3.63, 3.8) is 0 Å². The van der Waals surface area contributed by atoms with Gasteiger partial charge in [0.15, 0.2) is 5.65 Å². The van der Waals surface area contributed by atoms with Crippen molar-refractivity contribution in [3.8, 4) is 0 Å². The third-order valence-corrected chi connectivity index (χ3v) is 4.73. The van der Waals surface area contributed by atoms with Gasteiger partial charge in [-0.1, -0.05) is 12.1 Å². The van der Waals surface area contributed by atoms with Crippen molar-refractivity contribution in [2.24, 2.45) is 0 Å². The number of amides is 1. The van der Waals surface area contributed by atoms with Crippen LogP contribution in [0.25, 0.3) is 11.0 Å². The Bertz CT molecular complexity index is 946. The van der Waals surface area contributed by atoms with E-state index < -0.39 is 0 Å². The number of hydrogen-bond donors (Lipinski definition) is 0. The van der Waals surface area contributed by atoms with Crippen LogP contribution < -0.4 is 0 Å². The zero-order valence-electron chi connectivity index (χ0n) is 15.7. The summed E-state index contributed by atoms with van der Waals surface area (Å²) in [6.45, 7) is 7.84. The highest BCUT2D eigenvalue weighted by atomic mass is 19.1. The standard InChI is InChI=1S/C20H23FN4O/c1-12(2)25-19-16(11-22-25)10-18(13(3)23-19)20(26)24(5)14(4)15-6-8-17(21)9-7-15/h6-12,14H,1-5H3. The molecule has 5 nitrogen and oxygen atoms in total. The highest BCUT2D eigenvalue weighted by Crippen LogP contribution is 2.24. The first-order valence-corrected chi connectivity index (χ1v) is 8.67. The van der Waals surface area contributed by atoms with Gasteiger partial charge in [0.1, 0.15) is 5.82 Å². The number of rotatable bonds is 4. The van der Waals surface area contributed by atoms with E-state index in [1.54, 1.807) is 30.3 Å². The molecule has 0 spiro atoms. The van der Waals surface area contributed by atoms with Gasteiger partial charge in [-0.15, -0.1) is 0 Å². The normalized spacial score (nSPS) is 12.6. The molecule has 0 saturated heterocycles. The lowest BCUT2D eigenvalue weighted by atomic mass is 10.1. The van der Waals surface area contributed by atoms with Gasteiger partial charge in [-0.05, 0) is 51.5 Å². The maximum absolute atomic E-state index is 13.1. The number of nitrogens with zero attached hydrogens (tertiary/aromatic N) is 4. The molecule has 1 atom stereocenters. The summed E-state index contributed by atoms with van der Waals surface area (Å²) in [6.07, 6.45) is 1.74. The molecule has 136 valence electrons. The van der Waals surface area contributed by atoms with Gasteiger partial charge in [0.05, 0.1) is 23.5 Å². The molecule has 2 heterocycles. The smallest absolute Gasteiger partial charge is 0.255 e. The summed E-state index contributed by atoms with van der Waals surface area (Å²) in [6, 6.07) is 8.07. The van der Waals surface area contributed by atoms with E-state index in [0.29, 0.717) is 11.3 Å². The van der Waals surface area contributed by atoms with E-state index in [2.05, 4.69) is 10.1 Å². The van der Waals surface area contributed by atoms with Crippen LogP contribution in [0.1, 0.15) is 54.5 Å². The summed E-state index contributed by atoms with van der Waals surface area (Å²) in [5.41, 5.74) is 2.88. The van der Waals surface area contributed by atoms with E-state index in [1.165, 1.54) is 12.1 Å². The van der Waals surface area contributed by atoms with Gasteiger partial charge in [-0.25, -0.2) is 14.1 Å². The maximum Gasteiger partial charge on any atom is 0.255 e. The minimum absolute atomic E-state index is 0.119. The Labute approximate surface area is 152 Å². The summed E-state index contributed by atoms with van der Waals surface area (Å²) in [7, 11) is 1.75. The Morgan fingerprint density at radius 3 is 2.46 bits per heavy atom. The van der Waals surface area contributed by atoms with Crippen molar-refractivity contribution in [1.29, 1.82) is 0 Å². The van der Waals surface area contributed by atoms with Crippen LogP contribution in [-0.2, 0) is 0 Å². The van der Waals surface area contributed by atoms with E-state index >= 15 is 0 Å². The molecule has 26 heavy (non-hydrogen) atoms. The van der Waals surface area contributed by atoms with Gasteiger partial charge < -0.3 is 4.90 Å². The van der Waals surface area contributed by atoms with Crippen molar-refractivity contribution in [3.05, 3.63) is 59.2 Å². The lowest BCUT2D eigenvalue weighted by Gasteiger charge is -2.26. The summed E-state index contributed by atoms with van der Waals surface area (Å²) in [4.78, 5) is 19.3. The molecule has 0 bridgehead atoms. The topological polar surface area (TPSA) is 51.0 Å². The summed E-state index contributed by atoms with van der Waals surface area (Å²) >= 11 is 0. The molecule has 0 aliphatic rings. The van der Waals surface area contributed by atoms with Crippen molar-refractivity contribution in [2.75, 3.05) is 7.05 Å². The molecule has 2 aromatic heterocycles. The van der Waals surface area contributed by atoms with E-state index in [1.807, 2.05) is 38.4 Å². The first-order chi connectivity index (χ1) is 12.3. The summed E-state index contributed by atoms with van der Waals surface area (Å²) in [5.74, 6) is -0.409.